The first-order valence-corrected chi connectivity index (χ1v) is 6.11. The summed E-state index contributed by atoms with van der Waals surface area (Å²) in [5.74, 6) is -0.0358. The van der Waals surface area contributed by atoms with E-state index in [1.165, 1.54) is 12.2 Å². The summed E-state index contributed by atoms with van der Waals surface area (Å²) in [6, 6.07) is 7.35. The minimum absolute atomic E-state index is 0.151. The maximum atomic E-state index is 11.6. The van der Waals surface area contributed by atoms with E-state index in [0.717, 1.165) is 0 Å². The smallest absolute Gasteiger partial charge is 0.292 e. The lowest BCUT2D eigenvalue weighted by Gasteiger charge is -2.15. The molecule has 1 aromatic carbocycles. The Balaban J connectivity index is 2.52. The zero-order valence-corrected chi connectivity index (χ0v) is 11.7. The molecule has 0 N–H and O–H groups in total. The Morgan fingerprint density at radius 1 is 1.17 bits per heavy atom. The molecule has 0 amide bonds. The van der Waals surface area contributed by atoms with Crippen LogP contribution in [0.2, 0.25) is 0 Å². The molecule has 0 fully saturated rings. The number of carbonyl (C=O) groups is 1. The molecule has 0 aliphatic heterocycles. The molecule has 0 heterocycles. The van der Waals surface area contributed by atoms with E-state index in [1.807, 2.05) is 32.9 Å². The lowest BCUT2D eigenvalue weighted by molar-refractivity contribution is -0.224. The first kappa shape index (κ1) is 14.7. The molecule has 0 aliphatic carbocycles. The van der Waals surface area contributed by atoms with Gasteiger partial charge in [-0.15, -0.1) is 0 Å². The van der Waals surface area contributed by atoms with Crippen molar-refractivity contribution in [2.45, 2.75) is 40.5 Å². The summed E-state index contributed by atoms with van der Waals surface area (Å²) in [6.45, 7) is 11.6. The summed E-state index contributed by atoms with van der Waals surface area (Å²) in [5.41, 5.74) is 1.53. The topological polar surface area (TPSA) is 35.5 Å². The minimum Gasteiger partial charge on any atom is -0.292 e. The van der Waals surface area contributed by atoms with Gasteiger partial charge in [0, 0.05) is 0 Å². The molecule has 0 aromatic heterocycles. The van der Waals surface area contributed by atoms with Crippen LogP contribution in [-0.4, -0.2) is 5.97 Å². The second-order valence-electron chi connectivity index (χ2n) is 5.73. The summed E-state index contributed by atoms with van der Waals surface area (Å²) < 4.78 is 0. The highest BCUT2D eigenvalue weighted by atomic mass is 17.2. The first-order chi connectivity index (χ1) is 8.29. The quantitative estimate of drug-likeness (QED) is 0.595. The molecule has 3 heteroatoms. The van der Waals surface area contributed by atoms with E-state index in [-0.39, 0.29) is 5.41 Å². The molecule has 0 aliphatic rings. The van der Waals surface area contributed by atoms with Crippen LogP contribution >= 0.6 is 0 Å². The van der Waals surface area contributed by atoms with Gasteiger partial charge in [0.25, 0.3) is 0 Å². The van der Waals surface area contributed by atoms with Crippen LogP contribution in [0.15, 0.2) is 24.3 Å². The average Bonchev–Trinajstić information content (AvgIpc) is 2.27. The molecule has 0 saturated carbocycles. The molecule has 3 nitrogen and oxygen atoms in total. The molecule has 0 unspecified atom stereocenters. The fourth-order valence-corrected chi connectivity index (χ4v) is 1.26. The van der Waals surface area contributed by atoms with Crippen molar-refractivity contribution in [3.05, 3.63) is 42.0 Å². The fraction of sp³-hybridized carbons (Fsp3) is 0.467. The van der Waals surface area contributed by atoms with Crippen LogP contribution in [0.25, 0.3) is 0 Å². The summed E-state index contributed by atoms with van der Waals surface area (Å²) in [6.07, 6.45) is 0. The van der Waals surface area contributed by atoms with Gasteiger partial charge in [-0.25, -0.2) is 4.79 Å². The van der Waals surface area contributed by atoms with Gasteiger partial charge in [0.2, 0.25) is 0 Å². The standard InChI is InChI=1S/C15H21O3/c1-11(2)12-6-8-13(9-7-12)14(16)18-17-10-15(3,4)5/h6-11H,1-5H3. The normalized spacial score (nSPS) is 11.7. The van der Waals surface area contributed by atoms with E-state index in [0.29, 0.717) is 11.5 Å². The number of rotatable bonds is 4. The highest BCUT2D eigenvalue weighted by molar-refractivity contribution is 5.88. The predicted octanol–water partition coefficient (Wildman–Crippen LogP) is 4.11. The highest BCUT2D eigenvalue weighted by Gasteiger charge is 2.15. The van der Waals surface area contributed by atoms with Crippen molar-refractivity contribution < 1.29 is 14.6 Å². The van der Waals surface area contributed by atoms with Crippen LogP contribution in [-0.2, 0) is 9.78 Å². The molecular formula is C15H21O3. The van der Waals surface area contributed by atoms with Crippen LogP contribution in [0.4, 0.5) is 0 Å². The molecule has 99 valence electrons. The van der Waals surface area contributed by atoms with Crippen LogP contribution < -0.4 is 0 Å². The second kappa shape index (κ2) is 6.01. The number of hydrogen-bond acceptors (Lipinski definition) is 3. The van der Waals surface area contributed by atoms with Gasteiger partial charge in [0.05, 0.1) is 5.56 Å². The number of carbonyl (C=O) groups excluding carboxylic acids is 1. The zero-order valence-electron chi connectivity index (χ0n) is 11.7. The van der Waals surface area contributed by atoms with Crippen molar-refractivity contribution in [2.24, 2.45) is 5.41 Å². The Bertz CT molecular complexity index is 385. The van der Waals surface area contributed by atoms with E-state index in [4.69, 9.17) is 9.78 Å². The summed E-state index contributed by atoms with van der Waals surface area (Å²) in [5, 5.41) is 0. The van der Waals surface area contributed by atoms with Crippen molar-refractivity contribution in [1.29, 1.82) is 0 Å². The molecular weight excluding hydrogens is 228 g/mol. The molecule has 1 rings (SSSR count). The molecule has 1 aromatic rings. The SMILES string of the molecule is CC(C)c1ccc(C(=O)OO[CH]C(C)(C)C)cc1. The van der Waals surface area contributed by atoms with Gasteiger partial charge in [-0.05, 0) is 29.0 Å². The van der Waals surface area contributed by atoms with Crippen LogP contribution in [0.5, 0.6) is 0 Å². The largest absolute Gasteiger partial charge is 0.373 e. The maximum absolute atomic E-state index is 11.6. The van der Waals surface area contributed by atoms with Crippen molar-refractivity contribution in [1.82, 2.24) is 0 Å². The van der Waals surface area contributed by atoms with E-state index in [1.54, 1.807) is 12.1 Å². The predicted molar refractivity (Wildman–Crippen MR) is 70.8 cm³/mol. The monoisotopic (exact) mass is 249 g/mol. The van der Waals surface area contributed by atoms with Gasteiger partial charge < -0.3 is 0 Å². The van der Waals surface area contributed by atoms with Crippen molar-refractivity contribution in [3.63, 3.8) is 0 Å². The van der Waals surface area contributed by atoms with Gasteiger partial charge in [0.15, 0.2) is 0 Å². The number of hydrogen-bond donors (Lipinski definition) is 0. The first-order valence-electron chi connectivity index (χ1n) is 6.11. The van der Waals surface area contributed by atoms with Crippen molar-refractivity contribution >= 4 is 5.97 Å². The summed E-state index contributed by atoms with van der Waals surface area (Å²) >= 11 is 0. The van der Waals surface area contributed by atoms with E-state index in [9.17, 15) is 4.79 Å². The van der Waals surface area contributed by atoms with Gasteiger partial charge >= 0.3 is 5.97 Å². The molecule has 0 spiro atoms. The summed E-state index contributed by atoms with van der Waals surface area (Å²) in [4.78, 5) is 21.2. The average molecular weight is 249 g/mol. The summed E-state index contributed by atoms with van der Waals surface area (Å²) in [7, 11) is 0. The van der Waals surface area contributed by atoms with E-state index >= 15 is 0 Å². The maximum Gasteiger partial charge on any atom is 0.373 e. The fourth-order valence-electron chi connectivity index (χ4n) is 1.26. The Kier molecular flexibility index (Phi) is 4.91. The van der Waals surface area contributed by atoms with Gasteiger partial charge in [-0.2, -0.15) is 4.89 Å². The Labute approximate surface area is 109 Å². The lowest BCUT2D eigenvalue weighted by atomic mass is 9.99. The lowest BCUT2D eigenvalue weighted by Crippen LogP contribution is -2.12. The molecule has 0 bridgehead atoms. The third-order valence-electron chi connectivity index (χ3n) is 2.34. The molecule has 18 heavy (non-hydrogen) atoms. The second-order valence-corrected chi connectivity index (χ2v) is 5.73. The number of benzene rings is 1. The van der Waals surface area contributed by atoms with Crippen LogP contribution in [0.3, 0.4) is 0 Å². The van der Waals surface area contributed by atoms with Crippen molar-refractivity contribution in [2.75, 3.05) is 0 Å². The van der Waals surface area contributed by atoms with Crippen LogP contribution in [0.1, 0.15) is 56.5 Å². The Morgan fingerprint density at radius 3 is 2.17 bits per heavy atom. The Hall–Kier alpha value is -1.35. The third kappa shape index (κ3) is 4.88. The molecule has 0 atom stereocenters. The molecule has 0 saturated heterocycles. The third-order valence-corrected chi connectivity index (χ3v) is 2.34. The Morgan fingerprint density at radius 2 is 1.72 bits per heavy atom. The minimum atomic E-state index is -0.481. The van der Waals surface area contributed by atoms with E-state index in [2.05, 4.69) is 13.8 Å². The van der Waals surface area contributed by atoms with Crippen molar-refractivity contribution in [3.8, 4) is 0 Å². The van der Waals surface area contributed by atoms with Gasteiger partial charge in [0.1, 0.15) is 6.61 Å². The highest BCUT2D eigenvalue weighted by Crippen LogP contribution is 2.19. The van der Waals surface area contributed by atoms with Gasteiger partial charge in [-0.3, -0.25) is 4.89 Å². The van der Waals surface area contributed by atoms with Gasteiger partial charge in [-0.1, -0.05) is 46.8 Å². The molecule has 1 radical (unpaired) electrons. The van der Waals surface area contributed by atoms with Crippen LogP contribution in [0, 0.1) is 12.0 Å². The zero-order chi connectivity index (χ0) is 13.8. The van der Waals surface area contributed by atoms with E-state index < -0.39 is 5.97 Å².